The van der Waals surface area contributed by atoms with Crippen molar-refractivity contribution in [3.8, 4) is 11.4 Å². The first kappa shape index (κ1) is 12.5. The molecule has 0 spiro atoms. The normalized spacial score (nSPS) is 11.2. The average Bonchev–Trinajstić information content (AvgIpc) is 2.47. The van der Waals surface area contributed by atoms with Crippen LogP contribution in [-0.2, 0) is 0 Å². The molecule has 0 aliphatic rings. The molecule has 4 nitrogen and oxygen atoms in total. The van der Waals surface area contributed by atoms with Crippen LogP contribution in [0.3, 0.4) is 0 Å². The molecular weight excluding hydrogens is 250 g/mol. The van der Waals surface area contributed by atoms with Crippen molar-refractivity contribution >= 4 is 10.9 Å². The second-order valence-electron chi connectivity index (χ2n) is 5.08. The van der Waals surface area contributed by atoms with Crippen molar-refractivity contribution in [2.45, 2.75) is 19.8 Å². The van der Waals surface area contributed by atoms with Crippen LogP contribution in [-0.4, -0.2) is 15.0 Å². The molecule has 1 N–H and O–H groups in total. The molecule has 20 heavy (non-hydrogen) atoms. The summed E-state index contributed by atoms with van der Waals surface area (Å²) in [5, 5.41) is 0.633. The van der Waals surface area contributed by atoms with E-state index in [9.17, 15) is 4.79 Å². The summed E-state index contributed by atoms with van der Waals surface area (Å²) in [5.74, 6) is 0.959. The van der Waals surface area contributed by atoms with Crippen LogP contribution in [0.2, 0.25) is 0 Å². The molecule has 4 heteroatoms. The smallest absolute Gasteiger partial charge is 0.259 e. The Balaban J connectivity index is 2.21. The number of H-pyrrole nitrogens is 1. The number of nitrogens with zero attached hydrogens (tertiary/aromatic N) is 2. The van der Waals surface area contributed by atoms with Crippen LogP contribution in [0.1, 0.15) is 25.3 Å². The summed E-state index contributed by atoms with van der Waals surface area (Å²) < 4.78 is 0. The van der Waals surface area contributed by atoms with Crippen molar-refractivity contribution in [3.05, 3.63) is 58.6 Å². The Bertz CT molecular complexity index is 807. The van der Waals surface area contributed by atoms with E-state index >= 15 is 0 Å². The van der Waals surface area contributed by atoms with Crippen LogP contribution in [0, 0.1) is 0 Å². The topological polar surface area (TPSA) is 58.6 Å². The number of nitrogens with one attached hydrogen (secondary N) is 1. The number of fused-ring (bicyclic) bond motifs is 1. The van der Waals surface area contributed by atoms with E-state index in [0.717, 1.165) is 11.1 Å². The highest BCUT2D eigenvalue weighted by Gasteiger charge is 2.08. The van der Waals surface area contributed by atoms with E-state index in [0.29, 0.717) is 22.6 Å². The Morgan fingerprint density at radius 3 is 2.55 bits per heavy atom. The summed E-state index contributed by atoms with van der Waals surface area (Å²) in [4.78, 5) is 23.6. The van der Waals surface area contributed by atoms with Crippen molar-refractivity contribution in [2.24, 2.45) is 0 Å². The molecule has 0 bridgehead atoms. The molecule has 2 heterocycles. The SMILES string of the molecule is CC(C)c1ccc2nc(-c3ccncc3)[nH]c(=O)c2c1. The van der Waals surface area contributed by atoms with Gasteiger partial charge in [0.1, 0.15) is 5.82 Å². The lowest BCUT2D eigenvalue weighted by molar-refractivity contribution is 0.868. The zero-order chi connectivity index (χ0) is 14.1. The van der Waals surface area contributed by atoms with Gasteiger partial charge in [0.25, 0.3) is 5.56 Å². The molecule has 0 saturated heterocycles. The molecule has 0 radical (unpaired) electrons. The van der Waals surface area contributed by atoms with Crippen molar-refractivity contribution < 1.29 is 0 Å². The van der Waals surface area contributed by atoms with Gasteiger partial charge in [-0.1, -0.05) is 19.9 Å². The minimum atomic E-state index is -0.107. The minimum absolute atomic E-state index is 0.107. The lowest BCUT2D eigenvalue weighted by Crippen LogP contribution is -2.10. The number of benzene rings is 1. The van der Waals surface area contributed by atoms with Gasteiger partial charge >= 0.3 is 0 Å². The quantitative estimate of drug-likeness (QED) is 0.774. The first-order chi connectivity index (χ1) is 9.65. The van der Waals surface area contributed by atoms with Gasteiger partial charge in [0.15, 0.2) is 0 Å². The third-order valence-electron chi connectivity index (χ3n) is 3.35. The predicted octanol–water partition coefficient (Wildman–Crippen LogP) is 3.11. The average molecular weight is 265 g/mol. The molecule has 0 atom stereocenters. The Morgan fingerprint density at radius 2 is 1.85 bits per heavy atom. The van der Waals surface area contributed by atoms with Gasteiger partial charge in [-0.15, -0.1) is 0 Å². The maximum atomic E-state index is 12.2. The summed E-state index contributed by atoms with van der Waals surface area (Å²) in [7, 11) is 0. The molecule has 0 aliphatic carbocycles. The number of hydrogen-bond donors (Lipinski definition) is 1. The Hall–Kier alpha value is -2.49. The zero-order valence-electron chi connectivity index (χ0n) is 11.4. The molecular formula is C16H15N3O. The summed E-state index contributed by atoms with van der Waals surface area (Å²) in [5.41, 5.74) is 2.60. The van der Waals surface area contributed by atoms with Crippen molar-refractivity contribution in [3.63, 3.8) is 0 Å². The molecule has 1 aromatic carbocycles. The molecule has 0 unspecified atom stereocenters. The molecule has 0 aliphatic heterocycles. The molecule has 0 fully saturated rings. The highest BCUT2D eigenvalue weighted by Crippen LogP contribution is 2.20. The van der Waals surface area contributed by atoms with Crippen molar-refractivity contribution in [2.75, 3.05) is 0 Å². The van der Waals surface area contributed by atoms with Crippen LogP contribution in [0.4, 0.5) is 0 Å². The number of aromatic amines is 1. The second-order valence-corrected chi connectivity index (χ2v) is 5.08. The number of aromatic nitrogens is 3. The Kier molecular flexibility index (Phi) is 3.06. The van der Waals surface area contributed by atoms with Gasteiger partial charge in [0, 0.05) is 18.0 Å². The van der Waals surface area contributed by atoms with E-state index in [2.05, 4.69) is 28.8 Å². The number of pyridine rings is 1. The largest absolute Gasteiger partial charge is 0.306 e. The predicted molar refractivity (Wildman–Crippen MR) is 79.7 cm³/mol. The van der Waals surface area contributed by atoms with Crippen molar-refractivity contribution in [1.29, 1.82) is 0 Å². The summed E-state index contributed by atoms with van der Waals surface area (Å²) in [6.07, 6.45) is 3.36. The van der Waals surface area contributed by atoms with Gasteiger partial charge < -0.3 is 4.98 Å². The molecule has 3 rings (SSSR count). The van der Waals surface area contributed by atoms with Gasteiger partial charge in [0.05, 0.1) is 10.9 Å². The molecule has 2 aromatic heterocycles. The van der Waals surface area contributed by atoms with Gasteiger partial charge in [-0.2, -0.15) is 0 Å². The lowest BCUT2D eigenvalue weighted by Gasteiger charge is -2.07. The van der Waals surface area contributed by atoms with Crippen molar-refractivity contribution in [1.82, 2.24) is 15.0 Å². The van der Waals surface area contributed by atoms with Gasteiger partial charge in [-0.3, -0.25) is 9.78 Å². The third kappa shape index (κ3) is 2.20. The fourth-order valence-corrected chi connectivity index (χ4v) is 2.16. The number of rotatable bonds is 2. The Labute approximate surface area is 116 Å². The zero-order valence-corrected chi connectivity index (χ0v) is 11.4. The minimum Gasteiger partial charge on any atom is -0.306 e. The molecule has 3 aromatic rings. The van der Waals surface area contributed by atoms with E-state index in [1.54, 1.807) is 12.4 Å². The standard InChI is InChI=1S/C16H15N3O/c1-10(2)12-3-4-14-13(9-12)16(20)19-15(18-14)11-5-7-17-8-6-11/h3-10H,1-2H3,(H,18,19,20). The lowest BCUT2D eigenvalue weighted by atomic mass is 10.0. The van der Waals surface area contributed by atoms with Gasteiger partial charge in [-0.25, -0.2) is 4.98 Å². The van der Waals surface area contributed by atoms with Crippen LogP contribution < -0.4 is 5.56 Å². The van der Waals surface area contributed by atoms with Crippen LogP contribution in [0.5, 0.6) is 0 Å². The Morgan fingerprint density at radius 1 is 1.10 bits per heavy atom. The highest BCUT2D eigenvalue weighted by molar-refractivity contribution is 5.80. The first-order valence-corrected chi connectivity index (χ1v) is 6.59. The second kappa shape index (κ2) is 4.89. The van der Waals surface area contributed by atoms with E-state index in [-0.39, 0.29) is 5.56 Å². The number of hydrogen-bond acceptors (Lipinski definition) is 3. The van der Waals surface area contributed by atoms with Crippen LogP contribution in [0.15, 0.2) is 47.5 Å². The molecule has 100 valence electrons. The van der Waals surface area contributed by atoms with E-state index in [1.165, 1.54) is 0 Å². The fraction of sp³-hybridized carbons (Fsp3) is 0.188. The van der Waals surface area contributed by atoms with Crippen LogP contribution in [0.25, 0.3) is 22.3 Å². The highest BCUT2D eigenvalue weighted by atomic mass is 16.1. The first-order valence-electron chi connectivity index (χ1n) is 6.59. The summed E-state index contributed by atoms with van der Waals surface area (Å²) in [6, 6.07) is 9.50. The van der Waals surface area contributed by atoms with Crippen LogP contribution >= 0.6 is 0 Å². The van der Waals surface area contributed by atoms with Gasteiger partial charge in [0.2, 0.25) is 0 Å². The van der Waals surface area contributed by atoms with E-state index < -0.39 is 0 Å². The molecule has 0 saturated carbocycles. The maximum Gasteiger partial charge on any atom is 0.259 e. The van der Waals surface area contributed by atoms with E-state index in [1.807, 2.05) is 30.3 Å². The summed E-state index contributed by atoms with van der Waals surface area (Å²) in [6.45, 7) is 4.21. The summed E-state index contributed by atoms with van der Waals surface area (Å²) >= 11 is 0. The fourth-order valence-electron chi connectivity index (χ4n) is 2.16. The third-order valence-corrected chi connectivity index (χ3v) is 3.35. The van der Waals surface area contributed by atoms with E-state index in [4.69, 9.17) is 0 Å². The maximum absolute atomic E-state index is 12.2. The monoisotopic (exact) mass is 265 g/mol. The van der Waals surface area contributed by atoms with Gasteiger partial charge in [-0.05, 0) is 35.7 Å². The molecule has 0 amide bonds.